The summed E-state index contributed by atoms with van der Waals surface area (Å²) in [6.45, 7) is 0.695. The Morgan fingerprint density at radius 1 is 1.44 bits per heavy atom. The summed E-state index contributed by atoms with van der Waals surface area (Å²) in [5.41, 5.74) is 1.38. The van der Waals surface area contributed by atoms with Crippen LogP contribution < -0.4 is 4.74 Å². The maximum absolute atomic E-state index is 12.0. The van der Waals surface area contributed by atoms with E-state index in [2.05, 4.69) is 4.74 Å². The minimum atomic E-state index is -1.29. The largest absolute Gasteiger partial charge is 0.493 e. The molecule has 0 saturated carbocycles. The molecule has 2 rings (SSSR count). The molecule has 4 nitrogen and oxygen atoms in total. The zero-order chi connectivity index (χ0) is 13.1. The summed E-state index contributed by atoms with van der Waals surface area (Å²) in [5, 5.41) is -1.29. The van der Waals surface area contributed by atoms with Crippen LogP contribution in [0.2, 0.25) is 0 Å². The zero-order valence-corrected chi connectivity index (χ0v) is 10.7. The number of aryl methyl sites for hydroxylation is 1. The first-order chi connectivity index (χ1) is 8.63. The fraction of sp³-hybridized carbons (Fsp3) is 0.385. The van der Waals surface area contributed by atoms with Gasteiger partial charge in [0.05, 0.1) is 13.7 Å². The third-order valence-electron chi connectivity index (χ3n) is 2.83. The summed E-state index contributed by atoms with van der Waals surface area (Å²) in [4.78, 5) is 23.2. The molecule has 0 bridgehead atoms. The summed E-state index contributed by atoms with van der Waals surface area (Å²) in [5.74, 6) is -0.394. The number of alkyl halides is 1. The summed E-state index contributed by atoms with van der Waals surface area (Å²) < 4.78 is 9.90. The minimum absolute atomic E-state index is 0.407. The Kier molecular flexibility index (Phi) is 3.87. The summed E-state index contributed by atoms with van der Waals surface area (Å²) in [7, 11) is 1.20. The lowest BCUT2D eigenvalue weighted by Gasteiger charge is -2.17. The van der Waals surface area contributed by atoms with Gasteiger partial charge in [0.1, 0.15) is 5.75 Å². The lowest BCUT2D eigenvalue weighted by molar-refractivity contribution is -0.139. The van der Waals surface area contributed by atoms with E-state index >= 15 is 0 Å². The standard InChI is InChI=1S/C13H13ClO4/c1-17-13(16)11(14)12(15)9-4-5-10-8(7-9)3-2-6-18-10/h4-5,7,11H,2-3,6H2,1H3. The number of carbonyl (C=O) groups excluding carboxylic acids is 2. The first-order valence-corrected chi connectivity index (χ1v) is 6.09. The zero-order valence-electron chi connectivity index (χ0n) is 9.94. The number of hydrogen-bond donors (Lipinski definition) is 0. The lowest BCUT2D eigenvalue weighted by Crippen LogP contribution is -2.26. The molecule has 1 atom stereocenters. The number of methoxy groups -OCH3 is 1. The monoisotopic (exact) mass is 268 g/mol. The SMILES string of the molecule is COC(=O)C(Cl)C(=O)c1ccc2c(c1)CCCO2. The molecule has 1 aromatic rings. The van der Waals surface area contributed by atoms with E-state index in [1.807, 2.05) is 0 Å². The summed E-state index contributed by atoms with van der Waals surface area (Å²) in [6.07, 6.45) is 1.79. The number of hydrogen-bond acceptors (Lipinski definition) is 4. The van der Waals surface area contributed by atoms with Crippen molar-refractivity contribution < 1.29 is 19.1 Å². The summed E-state index contributed by atoms with van der Waals surface area (Å²) >= 11 is 5.74. The highest BCUT2D eigenvalue weighted by Gasteiger charge is 2.26. The van der Waals surface area contributed by atoms with Gasteiger partial charge in [0.2, 0.25) is 0 Å². The van der Waals surface area contributed by atoms with Crippen molar-refractivity contribution in [2.45, 2.75) is 18.2 Å². The van der Waals surface area contributed by atoms with Gasteiger partial charge in [-0.15, -0.1) is 11.6 Å². The molecule has 0 fully saturated rings. The molecule has 0 aliphatic carbocycles. The number of carbonyl (C=O) groups is 2. The number of esters is 1. The molecular weight excluding hydrogens is 256 g/mol. The second-order valence-corrected chi connectivity index (χ2v) is 4.46. The van der Waals surface area contributed by atoms with E-state index in [9.17, 15) is 9.59 Å². The van der Waals surface area contributed by atoms with Gasteiger partial charge >= 0.3 is 5.97 Å². The van der Waals surface area contributed by atoms with Gasteiger partial charge in [-0.2, -0.15) is 0 Å². The number of halogens is 1. The third kappa shape index (κ3) is 2.48. The van der Waals surface area contributed by atoms with Crippen molar-refractivity contribution in [2.75, 3.05) is 13.7 Å². The Morgan fingerprint density at radius 2 is 2.22 bits per heavy atom. The molecular formula is C13H13ClO4. The highest BCUT2D eigenvalue weighted by Crippen LogP contribution is 2.26. The first kappa shape index (κ1) is 12.9. The molecule has 0 aromatic heterocycles. The van der Waals surface area contributed by atoms with Crippen LogP contribution in [-0.4, -0.2) is 30.8 Å². The Hall–Kier alpha value is -1.55. The van der Waals surface area contributed by atoms with Crippen LogP contribution in [0, 0.1) is 0 Å². The Morgan fingerprint density at radius 3 is 2.94 bits per heavy atom. The van der Waals surface area contributed by atoms with Crippen molar-refractivity contribution in [1.82, 2.24) is 0 Å². The van der Waals surface area contributed by atoms with Crippen LogP contribution in [0.4, 0.5) is 0 Å². The van der Waals surface area contributed by atoms with Crippen LogP contribution >= 0.6 is 11.6 Å². The van der Waals surface area contributed by atoms with Gasteiger partial charge in [0.25, 0.3) is 0 Å². The highest BCUT2D eigenvalue weighted by atomic mass is 35.5. The maximum Gasteiger partial charge on any atom is 0.331 e. The molecule has 96 valence electrons. The Labute approximate surface area is 110 Å². The Balaban J connectivity index is 2.23. The molecule has 0 radical (unpaired) electrons. The van der Waals surface area contributed by atoms with Gasteiger partial charge in [-0.1, -0.05) is 0 Å². The number of fused-ring (bicyclic) bond motifs is 1. The van der Waals surface area contributed by atoms with E-state index in [1.54, 1.807) is 18.2 Å². The molecule has 1 unspecified atom stereocenters. The van der Waals surface area contributed by atoms with Crippen LogP contribution in [0.3, 0.4) is 0 Å². The number of rotatable bonds is 3. The van der Waals surface area contributed by atoms with E-state index in [-0.39, 0.29) is 0 Å². The van der Waals surface area contributed by atoms with Crippen molar-refractivity contribution in [3.63, 3.8) is 0 Å². The molecule has 0 saturated heterocycles. The second kappa shape index (κ2) is 5.40. The van der Waals surface area contributed by atoms with Gasteiger partial charge in [-0.05, 0) is 36.6 Å². The number of Topliss-reactive ketones (excluding diaryl/α,β-unsaturated/α-hetero) is 1. The molecule has 18 heavy (non-hydrogen) atoms. The highest BCUT2D eigenvalue weighted by molar-refractivity contribution is 6.43. The topological polar surface area (TPSA) is 52.6 Å². The molecule has 1 aromatic carbocycles. The van der Waals surface area contributed by atoms with Gasteiger partial charge in [-0.3, -0.25) is 4.79 Å². The van der Waals surface area contributed by atoms with Crippen LogP contribution in [0.5, 0.6) is 5.75 Å². The number of ether oxygens (including phenoxy) is 2. The molecule has 0 N–H and O–H groups in total. The molecule has 1 heterocycles. The van der Waals surface area contributed by atoms with Crippen molar-refractivity contribution in [3.05, 3.63) is 29.3 Å². The molecule has 0 spiro atoms. The number of ketones is 1. The fourth-order valence-corrected chi connectivity index (χ4v) is 2.09. The Bertz CT molecular complexity index is 484. The van der Waals surface area contributed by atoms with Gasteiger partial charge in [-0.25, -0.2) is 4.79 Å². The second-order valence-electron chi connectivity index (χ2n) is 4.02. The molecule has 1 aliphatic rings. The maximum atomic E-state index is 12.0. The van der Waals surface area contributed by atoms with Gasteiger partial charge < -0.3 is 9.47 Å². The smallest absolute Gasteiger partial charge is 0.331 e. The van der Waals surface area contributed by atoms with Crippen molar-refractivity contribution >= 4 is 23.4 Å². The average Bonchev–Trinajstić information content (AvgIpc) is 2.44. The van der Waals surface area contributed by atoms with Crippen LogP contribution in [0.25, 0.3) is 0 Å². The first-order valence-electron chi connectivity index (χ1n) is 5.65. The summed E-state index contributed by atoms with van der Waals surface area (Å²) in [6, 6.07) is 5.09. The van der Waals surface area contributed by atoms with E-state index in [0.717, 1.165) is 24.2 Å². The minimum Gasteiger partial charge on any atom is -0.493 e. The fourth-order valence-electron chi connectivity index (χ4n) is 1.87. The van der Waals surface area contributed by atoms with Crippen molar-refractivity contribution in [3.8, 4) is 5.75 Å². The van der Waals surface area contributed by atoms with Gasteiger partial charge in [0, 0.05) is 5.56 Å². The van der Waals surface area contributed by atoms with Crippen molar-refractivity contribution in [1.29, 1.82) is 0 Å². The molecule has 1 aliphatic heterocycles. The third-order valence-corrected chi connectivity index (χ3v) is 3.21. The van der Waals surface area contributed by atoms with Crippen LogP contribution in [-0.2, 0) is 16.0 Å². The van der Waals surface area contributed by atoms with Crippen molar-refractivity contribution in [2.24, 2.45) is 0 Å². The quantitative estimate of drug-likeness (QED) is 0.364. The van der Waals surface area contributed by atoms with E-state index in [1.165, 1.54) is 7.11 Å². The predicted octanol–water partition coefficient (Wildman–Crippen LogP) is 1.97. The van der Waals surface area contributed by atoms with Crippen LogP contribution in [0.15, 0.2) is 18.2 Å². The molecule has 5 heteroatoms. The van der Waals surface area contributed by atoms with Crippen LogP contribution in [0.1, 0.15) is 22.3 Å². The predicted molar refractivity (Wildman–Crippen MR) is 66.2 cm³/mol. The van der Waals surface area contributed by atoms with E-state index in [4.69, 9.17) is 16.3 Å². The van der Waals surface area contributed by atoms with Gasteiger partial charge in [0.15, 0.2) is 11.2 Å². The van der Waals surface area contributed by atoms with E-state index in [0.29, 0.717) is 12.2 Å². The average molecular weight is 269 g/mol. The normalized spacial score (nSPS) is 15.2. The lowest BCUT2D eigenvalue weighted by atomic mass is 10.00. The number of benzene rings is 1. The molecule has 0 amide bonds. The van der Waals surface area contributed by atoms with E-state index < -0.39 is 17.1 Å².